The summed E-state index contributed by atoms with van der Waals surface area (Å²) in [5, 5.41) is 0. The molecule has 0 aromatic heterocycles. The van der Waals surface area contributed by atoms with Gasteiger partial charge in [0, 0.05) is 6.42 Å². The zero-order chi connectivity index (χ0) is 11.9. The van der Waals surface area contributed by atoms with Crippen molar-refractivity contribution in [2.45, 2.75) is 19.4 Å². The van der Waals surface area contributed by atoms with Gasteiger partial charge in [0.25, 0.3) is 0 Å². The van der Waals surface area contributed by atoms with Crippen LogP contribution in [0.4, 0.5) is 12.9 Å². The Morgan fingerprint density at radius 2 is 2.06 bits per heavy atom. The highest BCUT2D eigenvalue weighted by Crippen LogP contribution is 2.21. The minimum absolute atomic E-state index is 0.238. The molecule has 0 saturated heterocycles. The highest BCUT2D eigenvalue weighted by molar-refractivity contribution is 6.73. The van der Waals surface area contributed by atoms with Gasteiger partial charge in [-0.25, -0.2) is 4.79 Å². The molecule has 86 valence electrons. The third kappa shape index (κ3) is 1.92. The van der Waals surface area contributed by atoms with E-state index in [9.17, 15) is 17.7 Å². The second-order valence-electron chi connectivity index (χ2n) is 3.91. The van der Waals surface area contributed by atoms with Gasteiger partial charge in [0.2, 0.25) is 0 Å². The van der Waals surface area contributed by atoms with E-state index in [-0.39, 0.29) is 11.7 Å². The Morgan fingerprint density at radius 3 is 2.69 bits per heavy atom. The summed E-state index contributed by atoms with van der Waals surface area (Å²) < 4.78 is 42.4. The summed E-state index contributed by atoms with van der Waals surface area (Å²) in [6.07, 6.45) is -0.0304. The molecule has 1 aromatic carbocycles. The summed E-state index contributed by atoms with van der Waals surface area (Å²) in [4.78, 5) is 11.4. The predicted octanol–water partition coefficient (Wildman–Crippen LogP) is 1.84. The van der Waals surface area contributed by atoms with E-state index in [4.69, 9.17) is 4.74 Å². The van der Waals surface area contributed by atoms with Gasteiger partial charge < -0.3 is 17.7 Å². The Labute approximate surface area is 90.5 Å². The Morgan fingerprint density at radius 1 is 1.38 bits per heavy atom. The van der Waals surface area contributed by atoms with Crippen molar-refractivity contribution in [3.63, 3.8) is 0 Å². The van der Waals surface area contributed by atoms with Gasteiger partial charge in [0.05, 0.1) is 5.56 Å². The second kappa shape index (κ2) is 3.54. The molecule has 0 bridgehead atoms. The quantitative estimate of drug-likeness (QED) is 0.542. The number of carbonyl (C=O) groups excluding carboxylic acids is 1. The highest BCUT2D eigenvalue weighted by Gasteiger charge is 2.29. The van der Waals surface area contributed by atoms with Crippen LogP contribution in [0.15, 0.2) is 18.2 Å². The van der Waals surface area contributed by atoms with Gasteiger partial charge in [-0.1, -0.05) is 18.2 Å². The van der Waals surface area contributed by atoms with Crippen LogP contribution < -0.4 is 5.46 Å². The van der Waals surface area contributed by atoms with Crippen molar-refractivity contribution in [3.05, 3.63) is 29.3 Å². The van der Waals surface area contributed by atoms with Crippen molar-refractivity contribution in [1.82, 2.24) is 0 Å². The van der Waals surface area contributed by atoms with Crippen molar-refractivity contribution in [3.8, 4) is 0 Å². The molecular weight excluding hydrogens is 220 g/mol. The first-order valence-electron chi connectivity index (χ1n) is 4.91. The maximum absolute atomic E-state index is 12.5. The number of benzene rings is 1. The SMILES string of the molecule is CC1Cc2cc([B-](F)(F)F)ccc2C(=O)O1. The molecule has 1 aliphatic rings. The monoisotopic (exact) mass is 229 g/mol. The molecule has 6 heteroatoms. The van der Waals surface area contributed by atoms with Gasteiger partial charge in [-0.15, -0.1) is 5.46 Å². The van der Waals surface area contributed by atoms with E-state index in [0.29, 0.717) is 12.0 Å². The topological polar surface area (TPSA) is 26.3 Å². The van der Waals surface area contributed by atoms with Gasteiger partial charge in [-0.2, -0.15) is 0 Å². The lowest BCUT2D eigenvalue weighted by Crippen LogP contribution is -2.36. The fraction of sp³-hybridized carbons (Fsp3) is 0.300. The fourth-order valence-corrected chi connectivity index (χ4v) is 1.78. The largest absolute Gasteiger partial charge is 0.509 e. The number of cyclic esters (lactones) is 1. The zero-order valence-corrected chi connectivity index (χ0v) is 8.54. The standard InChI is InChI=1S/C10H9BF3O2/c1-6-4-7-5-8(11(12,13)14)2-3-9(7)10(15)16-6/h2-3,5-6H,4H2,1H3/q-1. The summed E-state index contributed by atoms with van der Waals surface area (Å²) in [6.45, 7) is -3.35. The van der Waals surface area contributed by atoms with Crippen LogP contribution in [0.3, 0.4) is 0 Å². The van der Waals surface area contributed by atoms with Crippen molar-refractivity contribution < 1.29 is 22.5 Å². The lowest BCUT2D eigenvalue weighted by molar-refractivity contribution is 0.0301. The molecule has 1 atom stereocenters. The molecular formula is C10H9BF3O2-. The van der Waals surface area contributed by atoms with Gasteiger partial charge >= 0.3 is 12.9 Å². The van der Waals surface area contributed by atoms with Gasteiger partial charge in [0.15, 0.2) is 0 Å². The molecule has 0 saturated carbocycles. The normalized spacial score (nSPS) is 20.2. The molecule has 2 nitrogen and oxygen atoms in total. The molecule has 2 rings (SSSR count). The molecule has 0 fully saturated rings. The molecule has 0 amide bonds. The van der Waals surface area contributed by atoms with Gasteiger partial charge in [-0.3, -0.25) is 0 Å². The number of halogens is 3. The summed E-state index contributed by atoms with van der Waals surface area (Å²) in [5.41, 5.74) is -0.0111. The third-order valence-corrected chi connectivity index (χ3v) is 2.54. The zero-order valence-electron chi connectivity index (χ0n) is 8.54. The molecule has 16 heavy (non-hydrogen) atoms. The van der Waals surface area contributed by atoms with Gasteiger partial charge in [0.1, 0.15) is 6.10 Å². The number of fused-ring (bicyclic) bond motifs is 1. The first-order chi connectivity index (χ1) is 7.38. The minimum atomic E-state index is -5.01. The van der Waals surface area contributed by atoms with Crippen molar-refractivity contribution in [2.75, 3.05) is 0 Å². The molecule has 0 spiro atoms. The first-order valence-corrected chi connectivity index (χ1v) is 4.91. The van der Waals surface area contributed by atoms with Crippen molar-refractivity contribution in [2.24, 2.45) is 0 Å². The summed E-state index contributed by atoms with van der Waals surface area (Å²) >= 11 is 0. The molecule has 0 N–H and O–H groups in total. The second-order valence-corrected chi connectivity index (χ2v) is 3.91. The summed E-state index contributed by atoms with van der Waals surface area (Å²) in [6, 6.07) is 3.16. The molecule has 0 radical (unpaired) electrons. The average molecular weight is 229 g/mol. The number of ether oxygens (including phenoxy) is 1. The lowest BCUT2D eigenvalue weighted by atomic mass is 9.78. The van der Waals surface area contributed by atoms with E-state index in [1.165, 1.54) is 6.07 Å². The lowest BCUT2D eigenvalue weighted by Gasteiger charge is -2.24. The average Bonchev–Trinajstić information content (AvgIpc) is 2.15. The molecule has 1 heterocycles. The van der Waals surface area contributed by atoms with Gasteiger partial charge in [-0.05, 0) is 12.5 Å². The summed E-state index contributed by atoms with van der Waals surface area (Å²) in [5.74, 6) is -0.546. The van der Waals surface area contributed by atoms with Crippen LogP contribution in [0.5, 0.6) is 0 Å². The Balaban J connectivity index is 2.46. The third-order valence-electron chi connectivity index (χ3n) is 2.54. The maximum atomic E-state index is 12.5. The van der Waals surface area contributed by atoms with E-state index in [0.717, 1.165) is 12.1 Å². The smallest absolute Gasteiger partial charge is 0.459 e. The van der Waals surface area contributed by atoms with Crippen LogP contribution in [0, 0.1) is 0 Å². The predicted molar refractivity (Wildman–Crippen MR) is 53.7 cm³/mol. The highest BCUT2D eigenvalue weighted by atomic mass is 19.4. The Bertz CT molecular complexity index is 442. The molecule has 1 unspecified atom stereocenters. The fourth-order valence-electron chi connectivity index (χ4n) is 1.78. The molecule has 1 aliphatic heterocycles. The number of esters is 1. The van der Waals surface area contributed by atoms with Crippen LogP contribution in [0.2, 0.25) is 0 Å². The van der Waals surface area contributed by atoms with E-state index in [1.807, 2.05) is 0 Å². The van der Waals surface area contributed by atoms with Crippen LogP contribution in [0.1, 0.15) is 22.8 Å². The van der Waals surface area contributed by atoms with E-state index in [1.54, 1.807) is 6.92 Å². The van der Waals surface area contributed by atoms with Crippen LogP contribution >= 0.6 is 0 Å². The van der Waals surface area contributed by atoms with Crippen molar-refractivity contribution >= 4 is 18.4 Å². The maximum Gasteiger partial charge on any atom is 0.509 e. The number of hydrogen-bond donors (Lipinski definition) is 0. The number of rotatable bonds is 1. The van der Waals surface area contributed by atoms with Crippen LogP contribution in [-0.4, -0.2) is 19.1 Å². The molecule has 0 aliphatic carbocycles. The Hall–Kier alpha value is -1.46. The Kier molecular flexibility index (Phi) is 2.44. The van der Waals surface area contributed by atoms with Crippen molar-refractivity contribution in [1.29, 1.82) is 0 Å². The molecule has 1 aromatic rings. The van der Waals surface area contributed by atoms with E-state index < -0.39 is 18.4 Å². The first kappa shape index (κ1) is 11.0. The summed E-state index contributed by atoms with van der Waals surface area (Å²) in [7, 11) is 0. The van der Waals surface area contributed by atoms with Crippen LogP contribution in [0.25, 0.3) is 0 Å². The number of hydrogen-bond acceptors (Lipinski definition) is 2. The number of carbonyl (C=O) groups is 1. The van der Waals surface area contributed by atoms with Crippen LogP contribution in [-0.2, 0) is 11.2 Å². The van der Waals surface area contributed by atoms with E-state index >= 15 is 0 Å². The minimum Gasteiger partial charge on any atom is -0.459 e. The van der Waals surface area contributed by atoms with E-state index in [2.05, 4.69) is 0 Å².